The Morgan fingerprint density at radius 1 is 1.08 bits per heavy atom. The molecule has 2 N–H and O–H groups in total. The third kappa shape index (κ3) is 4.76. The largest absolute Gasteiger partial charge is 0.346 e. The first-order valence-electron chi connectivity index (χ1n) is 6.99. The van der Waals surface area contributed by atoms with Gasteiger partial charge in [0.15, 0.2) is 11.6 Å². The molecule has 0 aliphatic rings. The van der Waals surface area contributed by atoms with E-state index in [0.29, 0.717) is 11.3 Å². The molecular weight excluding hydrogens is 338 g/mol. The van der Waals surface area contributed by atoms with Gasteiger partial charge in [-0.05, 0) is 42.8 Å². The second kappa shape index (κ2) is 6.96. The second-order valence-corrected chi connectivity index (χ2v) is 7.07. The van der Waals surface area contributed by atoms with Gasteiger partial charge in [0.2, 0.25) is 10.0 Å². The van der Waals surface area contributed by atoms with E-state index in [4.69, 9.17) is 0 Å². The van der Waals surface area contributed by atoms with Gasteiger partial charge in [0.25, 0.3) is 5.91 Å². The molecular formula is C16H16F2N2O3S. The van der Waals surface area contributed by atoms with Gasteiger partial charge >= 0.3 is 0 Å². The molecule has 2 aromatic rings. The van der Waals surface area contributed by atoms with Crippen LogP contribution in [-0.2, 0) is 10.0 Å². The molecule has 0 radical (unpaired) electrons. The molecule has 1 atom stereocenters. The van der Waals surface area contributed by atoms with E-state index in [0.717, 1.165) is 18.4 Å². The number of halogens is 2. The molecule has 24 heavy (non-hydrogen) atoms. The van der Waals surface area contributed by atoms with E-state index in [2.05, 4.69) is 10.0 Å². The van der Waals surface area contributed by atoms with Crippen molar-refractivity contribution in [3.05, 3.63) is 65.2 Å². The Morgan fingerprint density at radius 2 is 1.79 bits per heavy atom. The fourth-order valence-electron chi connectivity index (χ4n) is 2.09. The maximum atomic E-state index is 13.2. The summed E-state index contributed by atoms with van der Waals surface area (Å²) in [5.41, 5.74) is 1.01. The van der Waals surface area contributed by atoms with Crippen LogP contribution < -0.4 is 10.0 Å². The Bertz CT molecular complexity index is 869. The van der Waals surface area contributed by atoms with Crippen LogP contribution in [0.1, 0.15) is 28.9 Å². The number of carbonyl (C=O) groups is 1. The first-order chi connectivity index (χ1) is 11.2. The molecule has 2 aromatic carbocycles. The lowest BCUT2D eigenvalue weighted by Gasteiger charge is -2.16. The number of sulfonamides is 1. The first kappa shape index (κ1) is 17.9. The predicted octanol–water partition coefficient (Wildman–Crippen LogP) is 2.83. The van der Waals surface area contributed by atoms with Crippen molar-refractivity contribution in [2.45, 2.75) is 13.0 Å². The molecule has 0 fully saturated rings. The smallest absolute Gasteiger partial charge is 0.251 e. The maximum absolute atomic E-state index is 13.2. The number of anilines is 1. The molecule has 0 saturated heterocycles. The normalized spacial score (nSPS) is 12.5. The highest BCUT2D eigenvalue weighted by atomic mass is 32.2. The van der Waals surface area contributed by atoms with Crippen molar-refractivity contribution in [1.82, 2.24) is 5.32 Å². The molecule has 0 aromatic heterocycles. The number of hydrogen-bond acceptors (Lipinski definition) is 3. The maximum Gasteiger partial charge on any atom is 0.251 e. The monoisotopic (exact) mass is 354 g/mol. The van der Waals surface area contributed by atoms with Crippen LogP contribution in [0.15, 0.2) is 42.5 Å². The average molecular weight is 354 g/mol. The minimum Gasteiger partial charge on any atom is -0.346 e. The highest BCUT2D eigenvalue weighted by Crippen LogP contribution is 2.19. The molecule has 0 spiro atoms. The lowest BCUT2D eigenvalue weighted by molar-refractivity contribution is 0.0939. The fourth-order valence-corrected chi connectivity index (χ4v) is 2.64. The molecule has 0 bridgehead atoms. The van der Waals surface area contributed by atoms with Crippen molar-refractivity contribution in [2.24, 2.45) is 0 Å². The van der Waals surface area contributed by atoms with Crippen LogP contribution in [0.2, 0.25) is 0 Å². The molecule has 0 saturated carbocycles. The van der Waals surface area contributed by atoms with Crippen LogP contribution >= 0.6 is 0 Å². The van der Waals surface area contributed by atoms with Crippen molar-refractivity contribution in [3.63, 3.8) is 0 Å². The molecule has 0 heterocycles. The summed E-state index contributed by atoms with van der Waals surface area (Å²) >= 11 is 0. The second-order valence-electron chi connectivity index (χ2n) is 5.32. The lowest BCUT2D eigenvalue weighted by Crippen LogP contribution is -2.26. The summed E-state index contributed by atoms with van der Waals surface area (Å²) in [5.74, 6) is -2.70. The van der Waals surface area contributed by atoms with Crippen LogP contribution in [0.25, 0.3) is 0 Å². The summed E-state index contributed by atoms with van der Waals surface area (Å²) in [6.45, 7) is 1.69. The van der Waals surface area contributed by atoms with Crippen molar-refractivity contribution in [1.29, 1.82) is 0 Å². The quantitative estimate of drug-likeness (QED) is 0.867. The van der Waals surface area contributed by atoms with Crippen molar-refractivity contribution in [2.75, 3.05) is 11.0 Å². The van der Waals surface area contributed by atoms with E-state index in [1.165, 1.54) is 6.07 Å². The molecule has 2 rings (SSSR count). The minimum absolute atomic E-state index is 0.00818. The fraction of sp³-hybridized carbons (Fsp3) is 0.188. The Balaban J connectivity index is 2.14. The van der Waals surface area contributed by atoms with Gasteiger partial charge < -0.3 is 5.32 Å². The van der Waals surface area contributed by atoms with Crippen LogP contribution in [0.3, 0.4) is 0 Å². The lowest BCUT2D eigenvalue weighted by atomic mass is 10.1. The van der Waals surface area contributed by atoms with Crippen molar-refractivity contribution >= 4 is 21.6 Å². The van der Waals surface area contributed by atoms with E-state index in [-0.39, 0.29) is 5.56 Å². The van der Waals surface area contributed by atoms with Crippen LogP contribution in [0, 0.1) is 11.6 Å². The molecule has 5 nitrogen and oxygen atoms in total. The highest BCUT2D eigenvalue weighted by Gasteiger charge is 2.14. The van der Waals surface area contributed by atoms with Crippen LogP contribution in [0.4, 0.5) is 14.5 Å². The topological polar surface area (TPSA) is 75.3 Å². The Kier molecular flexibility index (Phi) is 5.18. The zero-order valence-electron chi connectivity index (χ0n) is 13.0. The number of nitrogens with one attached hydrogen (secondary N) is 2. The number of carbonyl (C=O) groups excluding carboxylic acids is 1. The van der Waals surface area contributed by atoms with Gasteiger partial charge in [-0.2, -0.15) is 0 Å². The van der Waals surface area contributed by atoms with Crippen molar-refractivity contribution in [3.8, 4) is 0 Å². The summed E-state index contributed by atoms with van der Waals surface area (Å²) in [5, 5.41) is 2.64. The minimum atomic E-state index is -3.41. The van der Waals surface area contributed by atoms with Crippen molar-refractivity contribution < 1.29 is 22.0 Å². The van der Waals surface area contributed by atoms with Gasteiger partial charge in [-0.3, -0.25) is 9.52 Å². The van der Waals surface area contributed by atoms with Gasteiger partial charge in [0.1, 0.15) is 0 Å². The SMILES string of the molecule is C[C@@H](NC(=O)c1ccc(F)c(F)c1)c1cccc(NS(C)(=O)=O)c1. The predicted molar refractivity (Wildman–Crippen MR) is 87.1 cm³/mol. The van der Waals surface area contributed by atoms with E-state index < -0.39 is 33.6 Å². The molecule has 0 unspecified atom stereocenters. The van der Waals surface area contributed by atoms with E-state index >= 15 is 0 Å². The van der Waals surface area contributed by atoms with Gasteiger partial charge in [0.05, 0.1) is 12.3 Å². The van der Waals surface area contributed by atoms with E-state index in [1.54, 1.807) is 31.2 Å². The van der Waals surface area contributed by atoms with Gasteiger partial charge in [0, 0.05) is 11.3 Å². The zero-order chi connectivity index (χ0) is 17.9. The Hall–Kier alpha value is -2.48. The van der Waals surface area contributed by atoms with Gasteiger partial charge in [-0.15, -0.1) is 0 Å². The van der Waals surface area contributed by atoms with Crippen LogP contribution in [-0.4, -0.2) is 20.6 Å². The summed E-state index contributed by atoms with van der Waals surface area (Å²) in [4.78, 5) is 12.1. The zero-order valence-corrected chi connectivity index (χ0v) is 13.8. The third-order valence-electron chi connectivity index (χ3n) is 3.22. The highest BCUT2D eigenvalue weighted by molar-refractivity contribution is 7.92. The third-order valence-corrected chi connectivity index (χ3v) is 3.83. The number of benzene rings is 2. The van der Waals surface area contributed by atoms with Gasteiger partial charge in [-0.1, -0.05) is 12.1 Å². The summed E-state index contributed by atoms with van der Waals surface area (Å²) < 4.78 is 51.0. The molecule has 128 valence electrons. The summed E-state index contributed by atoms with van der Waals surface area (Å²) in [7, 11) is -3.41. The number of rotatable bonds is 5. The molecule has 8 heteroatoms. The summed E-state index contributed by atoms with van der Waals surface area (Å²) in [6.07, 6.45) is 1.04. The molecule has 1 amide bonds. The molecule has 0 aliphatic carbocycles. The van der Waals surface area contributed by atoms with E-state index in [9.17, 15) is 22.0 Å². The standard InChI is InChI=1S/C16H16F2N2O3S/c1-10(11-4-3-5-13(8-11)20-24(2,22)23)19-16(21)12-6-7-14(17)15(18)9-12/h3-10,20H,1-2H3,(H,19,21)/t10-/m1/s1. The number of amides is 1. The molecule has 0 aliphatic heterocycles. The first-order valence-corrected chi connectivity index (χ1v) is 8.88. The van der Waals surface area contributed by atoms with E-state index in [1.807, 2.05) is 0 Å². The summed E-state index contributed by atoms with van der Waals surface area (Å²) in [6, 6.07) is 8.93. The average Bonchev–Trinajstić information content (AvgIpc) is 2.48. The van der Waals surface area contributed by atoms with Gasteiger partial charge in [-0.25, -0.2) is 17.2 Å². The van der Waals surface area contributed by atoms with Crippen LogP contribution in [0.5, 0.6) is 0 Å². The number of hydrogen-bond donors (Lipinski definition) is 2. The Morgan fingerprint density at radius 3 is 2.42 bits per heavy atom. The Labute approximate surface area is 138 Å².